The number of aliphatic hydroxyl groups is 1. The van der Waals surface area contributed by atoms with Gasteiger partial charge in [-0.3, -0.25) is 0 Å². The third-order valence-corrected chi connectivity index (χ3v) is 5.39. The Hall–Kier alpha value is -0.560. The molecule has 0 heterocycles. The number of allylic oxidation sites excluding steroid dienone is 4. The third kappa shape index (κ3) is 23.4. The molecule has 1 nitrogen and oxygen atoms in total. The molecule has 0 spiro atoms. The lowest BCUT2D eigenvalue weighted by Crippen LogP contribution is -2.04. The van der Waals surface area contributed by atoms with Crippen molar-refractivity contribution in [2.75, 3.05) is 0 Å². The van der Waals surface area contributed by atoms with Crippen molar-refractivity contribution in [3.63, 3.8) is 0 Å². The Balaban J connectivity index is 3.20. The van der Waals surface area contributed by atoms with Crippen LogP contribution in [0.15, 0.2) is 24.3 Å². The summed E-state index contributed by atoms with van der Waals surface area (Å²) in [6.07, 6.45) is 33.7. The van der Waals surface area contributed by atoms with Gasteiger partial charge in [-0.25, -0.2) is 0 Å². The zero-order valence-corrected chi connectivity index (χ0v) is 18.8. The standard InChI is InChI=1S/C26H50O/c1-3-5-6-7-8-9-10-11-12-13-14-15-16-17-18-19-20-21-22-23-25-26(27)24-4-2/h13-16,26-27H,3-12,17-25H2,1-2H3. The molecule has 0 saturated carbocycles. The second kappa shape index (κ2) is 23.5. The van der Waals surface area contributed by atoms with E-state index in [1.165, 1.54) is 103 Å². The van der Waals surface area contributed by atoms with Crippen LogP contribution in [0.25, 0.3) is 0 Å². The number of rotatable bonds is 21. The summed E-state index contributed by atoms with van der Waals surface area (Å²) in [6.45, 7) is 4.43. The van der Waals surface area contributed by atoms with Crippen LogP contribution in [0.2, 0.25) is 0 Å². The minimum atomic E-state index is -0.0521. The molecule has 1 heteroatoms. The predicted octanol–water partition coefficient (Wildman–Crippen LogP) is 8.91. The average Bonchev–Trinajstić information content (AvgIpc) is 2.66. The van der Waals surface area contributed by atoms with E-state index in [-0.39, 0.29) is 6.10 Å². The lowest BCUT2D eigenvalue weighted by molar-refractivity contribution is 0.150. The van der Waals surface area contributed by atoms with E-state index >= 15 is 0 Å². The smallest absolute Gasteiger partial charge is 0.0540 e. The highest BCUT2D eigenvalue weighted by molar-refractivity contribution is 5.02. The molecule has 1 atom stereocenters. The molecule has 0 amide bonds. The highest BCUT2D eigenvalue weighted by atomic mass is 16.3. The molecular formula is C26H50O. The molecule has 160 valence electrons. The van der Waals surface area contributed by atoms with E-state index in [0.29, 0.717) is 0 Å². The second-order valence-corrected chi connectivity index (χ2v) is 8.26. The molecule has 27 heavy (non-hydrogen) atoms. The van der Waals surface area contributed by atoms with Crippen LogP contribution in [0.5, 0.6) is 0 Å². The van der Waals surface area contributed by atoms with Gasteiger partial charge in [0.1, 0.15) is 0 Å². The van der Waals surface area contributed by atoms with E-state index in [0.717, 1.165) is 19.3 Å². The molecule has 0 aliphatic heterocycles. The van der Waals surface area contributed by atoms with Crippen LogP contribution in [-0.4, -0.2) is 11.2 Å². The summed E-state index contributed by atoms with van der Waals surface area (Å²) in [6, 6.07) is 0. The summed E-state index contributed by atoms with van der Waals surface area (Å²) in [5, 5.41) is 9.69. The summed E-state index contributed by atoms with van der Waals surface area (Å²) in [4.78, 5) is 0. The molecule has 0 aliphatic rings. The molecule has 1 unspecified atom stereocenters. The Bertz CT molecular complexity index is 318. The summed E-state index contributed by atoms with van der Waals surface area (Å²) < 4.78 is 0. The lowest BCUT2D eigenvalue weighted by Gasteiger charge is -2.08. The molecule has 0 aromatic rings. The van der Waals surface area contributed by atoms with Gasteiger partial charge in [0.25, 0.3) is 0 Å². The summed E-state index contributed by atoms with van der Waals surface area (Å²) in [5.41, 5.74) is 0. The molecule has 0 bridgehead atoms. The highest BCUT2D eigenvalue weighted by Crippen LogP contribution is 2.12. The fraction of sp³-hybridized carbons (Fsp3) is 0.846. The van der Waals surface area contributed by atoms with Crippen molar-refractivity contribution in [2.45, 2.75) is 142 Å². The van der Waals surface area contributed by atoms with Crippen molar-refractivity contribution in [1.82, 2.24) is 0 Å². The number of hydrogen-bond acceptors (Lipinski definition) is 1. The van der Waals surface area contributed by atoms with Gasteiger partial charge in [-0.15, -0.1) is 0 Å². The first-order chi connectivity index (χ1) is 13.3. The van der Waals surface area contributed by atoms with Crippen molar-refractivity contribution in [2.24, 2.45) is 0 Å². The predicted molar refractivity (Wildman–Crippen MR) is 123 cm³/mol. The maximum atomic E-state index is 9.69. The van der Waals surface area contributed by atoms with Gasteiger partial charge in [0.05, 0.1) is 6.10 Å². The van der Waals surface area contributed by atoms with E-state index in [1.807, 2.05) is 0 Å². The molecule has 0 saturated heterocycles. The molecular weight excluding hydrogens is 328 g/mol. The fourth-order valence-corrected chi connectivity index (χ4v) is 3.57. The van der Waals surface area contributed by atoms with Gasteiger partial charge < -0.3 is 5.11 Å². The zero-order chi connectivity index (χ0) is 19.8. The molecule has 0 aromatic heterocycles. The Morgan fingerprint density at radius 3 is 1.44 bits per heavy atom. The number of aliphatic hydroxyl groups excluding tert-OH is 1. The third-order valence-electron chi connectivity index (χ3n) is 5.39. The largest absolute Gasteiger partial charge is 0.393 e. The van der Waals surface area contributed by atoms with Crippen LogP contribution in [0.3, 0.4) is 0 Å². The SMILES string of the molecule is CCCCCCCCCCC=CC=CCCCCCCCCC(O)CCC. The maximum Gasteiger partial charge on any atom is 0.0540 e. The van der Waals surface area contributed by atoms with Crippen LogP contribution >= 0.6 is 0 Å². The monoisotopic (exact) mass is 378 g/mol. The minimum absolute atomic E-state index is 0.0521. The van der Waals surface area contributed by atoms with E-state index in [1.54, 1.807) is 0 Å². The van der Waals surface area contributed by atoms with Gasteiger partial charge in [-0.2, -0.15) is 0 Å². The van der Waals surface area contributed by atoms with E-state index < -0.39 is 0 Å². The topological polar surface area (TPSA) is 20.2 Å². The zero-order valence-electron chi connectivity index (χ0n) is 18.8. The van der Waals surface area contributed by atoms with Crippen molar-refractivity contribution in [3.8, 4) is 0 Å². The first kappa shape index (κ1) is 26.4. The van der Waals surface area contributed by atoms with Gasteiger partial charge >= 0.3 is 0 Å². The van der Waals surface area contributed by atoms with Crippen LogP contribution in [0.4, 0.5) is 0 Å². The Labute approximate surface area is 171 Å². The molecule has 0 rings (SSSR count). The average molecular weight is 379 g/mol. The summed E-state index contributed by atoms with van der Waals surface area (Å²) >= 11 is 0. The normalized spacial score (nSPS) is 13.1. The summed E-state index contributed by atoms with van der Waals surface area (Å²) in [5.74, 6) is 0. The van der Waals surface area contributed by atoms with Crippen LogP contribution in [-0.2, 0) is 0 Å². The van der Waals surface area contributed by atoms with E-state index in [9.17, 15) is 5.11 Å². The van der Waals surface area contributed by atoms with E-state index in [4.69, 9.17) is 0 Å². The molecule has 1 N–H and O–H groups in total. The highest BCUT2D eigenvalue weighted by Gasteiger charge is 2.01. The number of unbranched alkanes of at least 4 members (excludes halogenated alkanes) is 14. The molecule has 0 radical (unpaired) electrons. The van der Waals surface area contributed by atoms with Crippen LogP contribution < -0.4 is 0 Å². The van der Waals surface area contributed by atoms with Gasteiger partial charge in [0.2, 0.25) is 0 Å². The van der Waals surface area contributed by atoms with Gasteiger partial charge in [0, 0.05) is 0 Å². The van der Waals surface area contributed by atoms with Crippen molar-refractivity contribution < 1.29 is 5.11 Å². The van der Waals surface area contributed by atoms with Crippen molar-refractivity contribution >= 4 is 0 Å². The number of hydrogen-bond donors (Lipinski definition) is 1. The van der Waals surface area contributed by atoms with Crippen molar-refractivity contribution in [3.05, 3.63) is 24.3 Å². The van der Waals surface area contributed by atoms with Crippen LogP contribution in [0, 0.1) is 0 Å². The lowest BCUT2D eigenvalue weighted by atomic mass is 10.0. The van der Waals surface area contributed by atoms with Crippen LogP contribution in [0.1, 0.15) is 136 Å². The van der Waals surface area contributed by atoms with Gasteiger partial charge in [-0.05, 0) is 38.5 Å². The molecule has 0 fully saturated rings. The van der Waals surface area contributed by atoms with Crippen molar-refractivity contribution in [1.29, 1.82) is 0 Å². The molecule has 0 aromatic carbocycles. The van der Waals surface area contributed by atoms with E-state index in [2.05, 4.69) is 38.2 Å². The Kier molecular flexibility index (Phi) is 23.0. The quantitative estimate of drug-likeness (QED) is 0.156. The Morgan fingerprint density at radius 2 is 0.963 bits per heavy atom. The first-order valence-electron chi connectivity index (χ1n) is 12.3. The first-order valence-corrected chi connectivity index (χ1v) is 12.3. The summed E-state index contributed by atoms with van der Waals surface area (Å²) in [7, 11) is 0. The Morgan fingerprint density at radius 1 is 0.519 bits per heavy atom. The van der Waals surface area contributed by atoms with Gasteiger partial charge in [-0.1, -0.05) is 122 Å². The fourth-order valence-electron chi connectivity index (χ4n) is 3.57. The van der Waals surface area contributed by atoms with Gasteiger partial charge in [0.15, 0.2) is 0 Å². The molecule has 0 aliphatic carbocycles. The maximum absolute atomic E-state index is 9.69. The minimum Gasteiger partial charge on any atom is -0.393 e. The second-order valence-electron chi connectivity index (χ2n) is 8.26.